The number of carbonyl (C=O) groups is 1. The molecule has 0 fully saturated rings. The van der Waals surface area contributed by atoms with Gasteiger partial charge in [0.15, 0.2) is 16.6 Å². The molecule has 10 heteroatoms. The van der Waals surface area contributed by atoms with E-state index < -0.39 is 0 Å². The van der Waals surface area contributed by atoms with E-state index in [1.807, 2.05) is 12.1 Å². The van der Waals surface area contributed by atoms with Crippen LogP contribution in [0.2, 0.25) is 0 Å². The molecule has 0 saturated heterocycles. The van der Waals surface area contributed by atoms with Crippen molar-refractivity contribution in [3.8, 4) is 22.9 Å². The highest BCUT2D eigenvalue weighted by Crippen LogP contribution is 2.37. The van der Waals surface area contributed by atoms with Gasteiger partial charge in [0.2, 0.25) is 5.91 Å². The number of hydrogen-bond donors (Lipinski definition) is 2. The van der Waals surface area contributed by atoms with Crippen LogP contribution in [0.4, 0.5) is 5.13 Å². The van der Waals surface area contributed by atoms with Crippen LogP contribution in [-0.2, 0) is 11.2 Å². The van der Waals surface area contributed by atoms with Crippen LogP contribution in [0.5, 0.6) is 11.5 Å². The Morgan fingerprint density at radius 1 is 1.16 bits per heavy atom. The third-order valence-electron chi connectivity index (χ3n) is 5.08. The smallest absolute Gasteiger partial charge is 0.254 e. The molecule has 4 aromatic rings. The average Bonchev–Trinajstić information content (AvgIpc) is 3.18. The number of anilines is 1. The molecule has 1 aliphatic rings. The van der Waals surface area contributed by atoms with Gasteiger partial charge in [-0.3, -0.25) is 14.6 Å². The second-order valence-corrected chi connectivity index (χ2v) is 8.28. The first-order chi connectivity index (χ1) is 15.6. The molecule has 9 nitrogen and oxygen atoms in total. The summed E-state index contributed by atoms with van der Waals surface area (Å²) in [5, 5.41) is 3.31. The molecule has 0 spiro atoms. The summed E-state index contributed by atoms with van der Waals surface area (Å²) in [6.45, 7) is 2.79. The van der Waals surface area contributed by atoms with Crippen molar-refractivity contribution >= 4 is 32.6 Å². The summed E-state index contributed by atoms with van der Waals surface area (Å²) >= 11 is 1.36. The molecular weight excluding hydrogens is 430 g/mol. The highest BCUT2D eigenvalue weighted by Gasteiger charge is 2.17. The average molecular weight is 449 g/mol. The number of nitrogens with one attached hydrogen (secondary N) is 2. The van der Waals surface area contributed by atoms with Crippen LogP contribution in [0.1, 0.15) is 17.7 Å². The molecule has 1 aromatic carbocycles. The molecule has 32 heavy (non-hydrogen) atoms. The van der Waals surface area contributed by atoms with Crippen LogP contribution in [0, 0.1) is 6.92 Å². The zero-order valence-electron chi connectivity index (χ0n) is 17.2. The standard InChI is InChI=1S/C22H19N5O4S/c1-12-14(21(29)27-20(24-12)13-4-6-23-7-5-13)2-3-19(28)26-22-25-15-10-16-17(11-18(15)32-22)31-9-8-30-16/h4-7,10-11H,2-3,8-9H2,1H3,(H,24,27,29)(H,25,26,28). The van der Waals surface area contributed by atoms with E-state index in [0.717, 1.165) is 15.8 Å². The Labute approximate surface area is 186 Å². The first-order valence-corrected chi connectivity index (χ1v) is 10.9. The van der Waals surface area contributed by atoms with Gasteiger partial charge in [0.05, 0.1) is 10.2 Å². The number of aromatic nitrogens is 4. The highest BCUT2D eigenvalue weighted by molar-refractivity contribution is 7.22. The fraction of sp³-hybridized carbons (Fsp3) is 0.227. The van der Waals surface area contributed by atoms with E-state index in [-0.39, 0.29) is 24.3 Å². The summed E-state index contributed by atoms with van der Waals surface area (Å²) in [5.41, 5.74) is 2.35. The molecule has 162 valence electrons. The minimum atomic E-state index is -0.248. The highest BCUT2D eigenvalue weighted by atomic mass is 32.1. The monoisotopic (exact) mass is 449 g/mol. The Morgan fingerprint density at radius 3 is 2.66 bits per heavy atom. The Balaban J connectivity index is 1.27. The number of ether oxygens (including phenoxy) is 2. The molecule has 0 atom stereocenters. The predicted octanol–water partition coefficient (Wildman–Crippen LogP) is 3.09. The number of aromatic amines is 1. The number of pyridine rings is 1. The van der Waals surface area contributed by atoms with E-state index >= 15 is 0 Å². The van der Waals surface area contributed by atoms with Crippen LogP contribution in [0.15, 0.2) is 41.5 Å². The summed E-state index contributed by atoms with van der Waals surface area (Å²) in [7, 11) is 0. The second kappa shape index (κ2) is 8.39. The van der Waals surface area contributed by atoms with Gasteiger partial charge in [-0.2, -0.15) is 0 Å². The Hall–Kier alpha value is -3.79. The van der Waals surface area contributed by atoms with E-state index in [1.165, 1.54) is 11.3 Å². The number of fused-ring (bicyclic) bond motifs is 2. The van der Waals surface area contributed by atoms with E-state index in [0.29, 0.717) is 46.9 Å². The number of aryl methyl sites for hydroxylation is 1. The van der Waals surface area contributed by atoms with Crippen molar-refractivity contribution in [2.45, 2.75) is 19.8 Å². The first-order valence-electron chi connectivity index (χ1n) is 10.1. The molecule has 1 aliphatic heterocycles. The number of hydrogen-bond acceptors (Lipinski definition) is 8. The third kappa shape index (κ3) is 4.04. The Bertz CT molecular complexity index is 1320. The van der Waals surface area contributed by atoms with Crippen LogP contribution in [0.25, 0.3) is 21.6 Å². The van der Waals surface area contributed by atoms with Gasteiger partial charge in [0, 0.05) is 47.8 Å². The molecule has 2 N–H and O–H groups in total. The van der Waals surface area contributed by atoms with E-state index in [9.17, 15) is 9.59 Å². The van der Waals surface area contributed by atoms with Crippen LogP contribution in [0.3, 0.4) is 0 Å². The quantitative estimate of drug-likeness (QED) is 0.480. The van der Waals surface area contributed by atoms with E-state index in [4.69, 9.17) is 9.47 Å². The van der Waals surface area contributed by atoms with Crippen LogP contribution in [-0.4, -0.2) is 39.1 Å². The summed E-state index contributed by atoms with van der Waals surface area (Å²) in [6, 6.07) is 7.24. The lowest BCUT2D eigenvalue weighted by molar-refractivity contribution is -0.116. The fourth-order valence-electron chi connectivity index (χ4n) is 3.49. The van der Waals surface area contributed by atoms with Crippen molar-refractivity contribution in [1.29, 1.82) is 0 Å². The minimum absolute atomic E-state index is 0.138. The van der Waals surface area contributed by atoms with Gasteiger partial charge in [-0.25, -0.2) is 9.97 Å². The van der Waals surface area contributed by atoms with Crippen LogP contribution < -0.4 is 20.3 Å². The van der Waals surface area contributed by atoms with Gasteiger partial charge in [0.25, 0.3) is 5.56 Å². The van der Waals surface area contributed by atoms with Crippen LogP contribution >= 0.6 is 11.3 Å². The number of benzene rings is 1. The van der Waals surface area contributed by atoms with Gasteiger partial charge in [-0.05, 0) is 25.5 Å². The van der Waals surface area contributed by atoms with Gasteiger partial charge < -0.3 is 19.8 Å². The number of carbonyl (C=O) groups excluding carboxylic acids is 1. The number of nitrogens with zero attached hydrogens (tertiary/aromatic N) is 3. The lowest BCUT2D eigenvalue weighted by atomic mass is 10.1. The van der Waals surface area contributed by atoms with Gasteiger partial charge in [-0.15, -0.1) is 0 Å². The summed E-state index contributed by atoms with van der Waals surface area (Å²) in [6.07, 6.45) is 3.69. The molecule has 3 aromatic heterocycles. The maximum atomic E-state index is 12.6. The van der Waals surface area contributed by atoms with Gasteiger partial charge in [-0.1, -0.05) is 11.3 Å². The molecule has 0 saturated carbocycles. The maximum Gasteiger partial charge on any atom is 0.254 e. The number of rotatable bonds is 5. The van der Waals surface area contributed by atoms with Crippen molar-refractivity contribution < 1.29 is 14.3 Å². The zero-order chi connectivity index (χ0) is 22.1. The fourth-order valence-corrected chi connectivity index (χ4v) is 4.38. The van der Waals surface area contributed by atoms with Gasteiger partial charge in [0.1, 0.15) is 19.0 Å². The Morgan fingerprint density at radius 2 is 1.91 bits per heavy atom. The normalized spacial score (nSPS) is 12.7. The zero-order valence-corrected chi connectivity index (χ0v) is 18.0. The lowest BCUT2D eigenvalue weighted by Gasteiger charge is -2.17. The van der Waals surface area contributed by atoms with E-state index in [1.54, 1.807) is 31.5 Å². The summed E-state index contributed by atoms with van der Waals surface area (Å²) in [4.78, 5) is 40.8. The molecule has 4 heterocycles. The molecule has 0 aliphatic carbocycles. The van der Waals surface area contributed by atoms with Gasteiger partial charge >= 0.3 is 0 Å². The molecule has 0 unspecified atom stereocenters. The maximum absolute atomic E-state index is 12.6. The van der Waals surface area contributed by atoms with Crippen molar-refractivity contribution in [3.05, 3.63) is 58.3 Å². The van der Waals surface area contributed by atoms with Crippen molar-refractivity contribution in [1.82, 2.24) is 19.9 Å². The lowest BCUT2D eigenvalue weighted by Crippen LogP contribution is -2.20. The largest absolute Gasteiger partial charge is 0.486 e. The number of H-pyrrole nitrogens is 1. The molecule has 0 radical (unpaired) electrons. The molecule has 0 bridgehead atoms. The molecular formula is C22H19N5O4S. The number of amides is 1. The molecule has 1 amide bonds. The van der Waals surface area contributed by atoms with Crippen molar-refractivity contribution in [3.63, 3.8) is 0 Å². The van der Waals surface area contributed by atoms with E-state index in [2.05, 4.69) is 25.3 Å². The third-order valence-corrected chi connectivity index (χ3v) is 6.01. The van der Waals surface area contributed by atoms with Crippen molar-refractivity contribution in [2.24, 2.45) is 0 Å². The predicted molar refractivity (Wildman–Crippen MR) is 120 cm³/mol. The summed E-state index contributed by atoms with van der Waals surface area (Å²) < 4.78 is 12.1. The topological polar surface area (TPSA) is 119 Å². The van der Waals surface area contributed by atoms with Crippen molar-refractivity contribution in [2.75, 3.05) is 18.5 Å². The minimum Gasteiger partial charge on any atom is -0.486 e. The second-order valence-electron chi connectivity index (χ2n) is 7.25. The first kappa shape index (κ1) is 20.1. The number of thiazole rings is 1. The SMILES string of the molecule is Cc1nc(-c2ccncc2)[nH]c(=O)c1CCC(=O)Nc1nc2cc3c(cc2s1)OCCO3. The molecule has 5 rings (SSSR count). The Kier molecular flexibility index (Phi) is 5.28. The summed E-state index contributed by atoms with van der Waals surface area (Å²) in [5.74, 6) is 1.60.